The summed E-state index contributed by atoms with van der Waals surface area (Å²) in [6, 6.07) is 0. The third-order valence-corrected chi connectivity index (χ3v) is 13.5. The summed E-state index contributed by atoms with van der Waals surface area (Å²) >= 11 is 0. The Morgan fingerprint density at radius 3 is 0.780 bits per heavy atom. The van der Waals surface area contributed by atoms with Gasteiger partial charge in [0.15, 0.2) is 0 Å². The van der Waals surface area contributed by atoms with E-state index in [9.17, 15) is 9.59 Å². The van der Waals surface area contributed by atoms with Gasteiger partial charge >= 0.3 is 11.9 Å². The van der Waals surface area contributed by atoms with Crippen molar-refractivity contribution in [2.45, 2.75) is 336 Å². The van der Waals surface area contributed by atoms with E-state index in [-0.39, 0.29) is 17.9 Å². The van der Waals surface area contributed by atoms with Gasteiger partial charge in [-0.25, -0.2) is 0 Å². The van der Waals surface area contributed by atoms with Crippen molar-refractivity contribution in [2.24, 2.45) is 11.8 Å². The number of unbranched alkanes of at least 4 members (excludes halogenated alkanes) is 40. The summed E-state index contributed by atoms with van der Waals surface area (Å²) in [5.74, 6) is -0.199. The predicted octanol–water partition coefficient (Wildman–Crippen LogP) is 20.1. The van der Waals surface area contributed by atoms with E-state index in [1.807, 2.05) is 0 Å². The molecule has 0 heterocycles. The lowest BCUT2D eigenvalue weighted by Gasteiger charge is -2.26. The van der Waals surface area contributed by atoms with E-state index in [1.165, 1.54) is 263 Å². The Kier molecular flexibility index (Phi) is 49.1. The van der Waals surface area contributed by atoms with Crippen LogP contribution in [0.3, 0.4) is 0 Å². The molecule has 0 aromatic carbocycles. The number of carbonyl (C=O) groups excluding carboxylic acids is 2. The van der Waals surface area contributed by atoms with Crippen molar-refractivity contribution in [3.05, 3.63) is 0 Å². The molecule has 2 unspecified atom stereocenters. The zero-order chi connectivity index (χ0) is 43.0. The highest BCUT2D eigenvalue weighted by Crippen LogP contribution is 2.32. The summed E-state index contributed by atoms with van der Waals surface area (Å²) in [5, 5.41) is 0. The lowest BCUT2D eigenvalue weighted by atomic mass is 9.80. The van der Waals surface area contributed by atoms with E-state index >= 15 is 0 Å². The molecule has 0 aliphatic heterocycles. The first-order valence-electron chi connectivity index (χ1n) is 27.8. The summed E-state index contributed by atoms with van der Waals surface area (Å²) in [5.41, 5.74) is 0. The maximum atomic E-state index is 13.9. The zero-order valence-electron chi connectivity index (χ0n) is 41.3. The third kappa shape index (κ3) is 43.6. The normalized spacial score (nSPS) is 12.6. The van der Waals surface area contributed by atoms with Crippen molar-refractivity contribution in [1.29, 1.82) is 0 Å². The first-order valence-corrected chi connectivity index (χ1v) is 27.8. The fourth-order valence-electron chi connectivity index (χ4n) is 9.44. The molecular weight excluding hydrogens is 721 g/mol. The van der Waals surface area contributed by atoms with Crippen LogP contribution in [0, 0.1) is 11.8 Å². The maximum absolute atomic E-state index is 13.9. The zero-order valence-corrected chi connectivity index (χ0v) is 41.3. The number of rotatable bonds is 50. The van der Waals surface area contributed by atoms with Crippen molar-refractivity contribution in [1.82, 2.24) is 0 Å². The Morgan fingerprint density at radius 2 is 0.508 bits per heavy atom. The van der Waals surface area contributed by atoms with Gasteiger partial charge in [-0.1, -0.05) is 304 Å². The maximum Gasteiger partial charge on any atom is 0.316 e. The van der Waals surface area contributed by atoms with Gasteiger partial charge in [-0.05, 0) is 31.6 Å². The van der Waals surface area contributed by atoms with Crippen LogP contribution in [0.1, 0.15) is 336 Å². The monoisotopic (exact) mass is 831 g/mol. The van der Waals surface area contributed by atoms with E-state index < -0.39 is 0 Å². The average Bonchev–Trinajstić information content (AvgIpc) is 3.23. The highest BCUT2D eigenvalue weighted by molar-refractivity contribution is 5.86. The fraction of sp³-hybridized carbons (Fsp3) is 0.964. The van der Waals surface area contributed by atoms with E-state index in [1.54, 1.807) is 0 Å². The van der Waals surface area contributed by atoms with Crippen molar-refractivity contribution in [3.63, 3.8) is 0 Å². The lowest BCUT2D eigenvalue weighted by molar-refractivity contribution is -0.164. The minimum Gasteiger partial charge on any atom is -0.393 e. The van der Waals surface area contributed by atoms with Gasteiger partial charge in [0, 0.05) is 6.42 Å². The Morgan fingerprint density at radius 1 is 0.288 bits per heavy atom. The van der Waals surface area contributed by atoms with Crippen LogP contribution in [0.15, 0.2) is 0 Å². The standard InChI is InChI=1S/C56H110O3/c1-5-9-13-17-21-24-26-28-30-32-34-37-40-44-48-52-55(57)59-56(58)54(51-47-43-39-36-33-31-29-27-25-22-18-14-10-6-2)53(49-45-41-20-16-12-8-4)50-46-42-38-35-23-19-15-11-7-3/h53-54H,5-52H2,1-4H3. The minimum absolute atomic E-state index is 0.109. The molecule has 352 valence electrons. The largest absolute Gasteiger partial charge is 0.393 e. The quantitative estimate of drug-likeness (QED) is 0.0348. The molecule has 0 aliphatic rings. The third-order valence-electron chi connectivity index (χ3n) is 13.5. The summed E-state index contributed by atoms with van der Waals surface area (Å²) in [6.45, 7) is 9.17. The molecule has 0 fully saturated rings. The summed E-state index contributed by atoms with van der Waals surface area (Å²) < 4.78 is 5.76. The second-order valence-corrected chi connectivity index (χ2v) is 19.4. The molecule has 0 saturated carbocycles. The number of carbonyl (C=O) groups is 2. The van der Waals surface area contributed by atoms with Crippen LogP contribution in [0.25, 0.3) is 0 Å². The van der Waals surface area contributed by atoms with Crippen molar-refractivity contribution >= 4 is 11.9 Å². The SMILES string of the molecule is CCCCCCCCCCCCCCCCCC(=O)OC(=O)C(CCCCCCCCCCCCCCCC)C(CCCCCCCC)CCCCCCCCCCC. The average molecular weight is 831 g/mol. The molecule has 0 spiro atoms. The van der Waals surface area contributed by atoms with E-state index in [0.717, 1.165) is 38.5 Å². The van der Waals surface area contributed by atoms with Gasteiger partial charge < -0.3 is 4.74 Å². The van der Waals surface area contributed by atoms with Gasteiger partial charge in [0.1, 0.15) is 0 Å². The first kappa shape index (κ1) is 58.1. The van der Waals surface area contributed by atoms with Gasteiger partial charge in [-0.2, -0.15) is 0 Å². The summed E-state index contributed by atoms with van der Waals surface area (Å²) in [6.07, 6.45) is 61.8. The fourth-order valence-corrected chi connectivity index (χ4v) is 9.44. The topological polar surface area (TPSA) is 43.4 Å². The predicted molar refractivity (Wildman–Crippen MR) is 262 cm³/mol. The highest BCUT2D eigenvalue weighted by atomic mass is 16.6. The van der Waals surface area contributed by atoms with E-state index in [0.29, 0.717) is 12.3 Å². The molecule has 0 rings (SSSR count). The number of hydrogen-bond acceptors (Lipinski definition) is 3. The highest BCUT2D eigenvalue weighted by Gasteiger charge is 2.30. The van der Waals surface area contributed by atoms with Crippen LogP contribution in [0.4, 0.5) is 0 Å². The van der Waals surface area contributed by atoms with Crippen LogP contribution < -0.4 is 0 Å². The molecule has 0 aromatic rings. The molecule has 0 amide bonds. The number of ether oxygens (including phenoxy) is 1. The molecular formula is C56H110O3. The second-order valence-electron chi connectivity index (χ2n) is 19.4. The molecule has 0 N–H and O–H groups in total. The number of esters is 2. The Hall–Kier alpha value is -0.860. The Bertz CT molecular complexity index is 822. The smallest absolute Gasteiger partial charge is 0.316 e. The molecule has 3 nitrogen and oxygen atoms in total. The van der Waals surface area contributed by atoms with Gasteiger partial charge in [-0.3, -0.25) is 9.59 Å². The van der Waals surface area contributed by atoms with Gasteiger partial charge in [0.25, 0.3) is 0 Å². The molecule has 0 saturated heterocycles. The Balaban J connectivity index is 4.86. The Labute approximate surface area is 372 Å². The molecule has 0 radical (unpaired) electrons. The molecule has 0 aliphatic carbocycles. The first-order chi connectivity index (χ1) is 29.1. The van der Waals surface area contributed by atoms with Crippen LogP contribution in [-0.4, -0.2) is 11.9 Å². The van der Waals surface area contributed by atoms with Crippen LogP contribution in [-0.2, 0) is 14.3 Å². The molecule has 2 atom stereocenters. The minimum atomic E-state index is -0.267. The van der Waals surface area contributed by atoms with E-state index in [2.05, 4.69) is 27.7 Å². The number of hydrogen-bond donors (Lipinski definition) is 0. The molecule has 0 aromatic heterocycles. The molecule has 59 heavy (non-hydrogen) atoms. The van der Waals surface area contributed by atoms with Crippen LogP contribution in [0.5, 0.6) is 0 Å². The summed E-state index contributed by atoms with van der Waals surface area (Å²) in [7, 11) is 0. The van der Waals surface area contributed by atoms with Crippen LogP contribution >= 0.6 is 0 Å². The van der Waals surface area contributed by atoms with Gasteiger partial charge in [-0.15, -0.1) is 0 Å². The molecule has 3 heteroatoms. The molecule has 0 bridgehead atoms. The van der Waals surface area contributed by atoms with Gasteiger partial charge in [0.05, 0.1) is 5.92 Å². The van der Waals surface area contributed by atoms with Crippen molar-refractivity contribution in [2.75, 3.05) is 0 Å². The lowest BCUT2D eigenvalue weighted by Crippen LogP contribution is -2.28. The van der Waals surface area contributed by atoms with Crippen molar-refractivity contribution < 1.29 is 14.3 Å². The van der Waals surface area contributed by atoms with Gasteiger partial charge in [0.2, 0.25) is 0 Å². The summed E-state index contributed by atoms with van der Waals surface area (Å²) in [4.78, 5) is 27.0. The van der Waals surface area contributed by atoms with Crippen molar-refractivity contribution in [3.8, 4) is 0 Å². The van der Waals surface area contributed by atoms with E-state index in [4.69, 9.17) is 4.74 Å². The second kappa shape index (κ2) is 49.8. The van der Waals surface area contributed by atoms with Crippen LogP contribution in [0.2, 0.25) is 0 Å².